The Morgan fingerprint density at radius 1 is 1.00 bits per heavy atom. The van der Waals surface area contributed by atoms with Gasteiger partial charge in [0.05, 0.1) is 5.69 Å². The lowest BCUT2D eigenvalue weighted by Gasteiger charge is -2.26. The Balaban J connectivity index is 2.18. The molecule has 3 nitrogen and oxygen atoms in total. The van der Waals surface area contributed by atoms with Gasteiger partial charge in [0.2, 0.25) is 0 Å². The van der Waals surface area contributed by atoms with Gasteiger partial charge in [-0.25, -0.2) is 4.79 Å². The molecule has 0 atom stereocenters. The van der Waals surface area contributed by atoms with Crippen LogP contribution in [-0.4, -0.2) is 6.09 Å². The second-order valence-corrected chi connectivity index (χ2v) is 6.71. The number of carbonyl (C=O) groups excluding carboxylic acids is 1. The van der Waals surface area contributed by atoms with E-state index in [1.165, 1.54) is 0 Å². The zero-order chi connectivity index (χ0) is 18.6. The number of hydrogen-bond donors (Lipinski definition) is 1. The van der Waals surface area contributed by atoms with Crippen molar-refractivity contribution in [2.24, 2.45) is 0 Å². The van der Waals surface area contributed by atoms with Crippen molar-refractivity contribution in [3.8, 4) is 0 Å². The highest BCUT2D eigenvalue weighted by Gasteiger charge is 2.26. The second kappa shape index (κ2) is 7.39. The summed E-state index contributed by atoms with van der Waals surface area (Å²) < 4.78 is 5.69. The first-order chi connectivity index (χ1) is 11.7. The van der Waals surface area contributed by atoms with Crippen LogP contribution in [0.25, 0.3) is 11.1 Å². The maximum Gasteiger partial charge on any atom is 0.412 e. The first-order valence-electron chi connectivity index (χ1n) is 8.22. The predicted molar refractivity (Wildman–Crippen MR) is 105 cm³/mol. The van der Waals surface area contributed by atoms with Gasteiger partial charge in [0.1, 0.15) is 5.60 Å². The van der Waals surface area contributed by atoms with Gasteiger partial charge in [0.15, 0.2) is 0 Å². The topological polar surface area (TPSA) is 38.3 Å². The second-order valence-electron chi connectivity index (χ2n) is 6.71. The minimum atomic E-state index is -0.770. The highest BCUT2D eigenvalue weighted by atomic mass is 16.6. The fraction of sp³-hybridized carbons (Fsp3) is 0.227. The molecule has 0 heterocycles. The van der Waals surface area contributed by atoms with Crippen molar-refractivity contribution in [2.75, 3.05) is 5.32 Å². The minimum absolute atomic E-state index is 0.501. The van der Waals surface area contributed by atoms with Gasteiger partial charge in [-0.2, -0.15) is 0 Å². The number of amides is 1. The van der Waals surface area contributed by atoms with Crippen LogP contribution >= 0.6 is 0 Å². The maximum atomic E-state index is 12.4. The van der Waals surface area contributed by atoms with Gasteiger partial charge in [-0.15, -0.1) is 0 Å². The molecule has 0 aliphatic rings. The van der Waals surface area contributed by atoms with Gasteiger partial charge in [-0.05, 0) is 56.5 Å². The third-order valence-corrected chi connectivity index (χ3v) is 4.02. The minimum Gasteiger partial charge on any atom is -0.438 e. The van der Waals surface area contributed by atoms with Crippen LogP contribution in [0.5, 0.6) is 0 Å². The Labute approximate surface area is 150 Å². The zero-order valence-electron chi connectivity index (χ0n) is 15.3. The van der Waals surface area contributed by atoms with Gasteiger partial charge in [-0.3, -0.25) is 5.32 Å². The zero-order valence-corrected chi connectivity index (χ0v) is 15.3. The van der Waals surface area contributed by atoms with E-state index in [4.69, 9.17) is 4.74 Å². The lowest BCUT2D eigenvalue weighted by Crippen LogP contribution is -2.28. The van der Waals surface area contributed by atoms with Crippen molar-refractivity contribution in [1.29, 1.82) is 0 Å². The Morgan fingerprint density at radius 3 is 2.32 bits per heavy atom. The molecule has 0 saturated carbocycles. The van der Waals surface area contributed by atoms with Crippen molar-refractivity contribution in [1.82, 2.24) is 0 Å². The number of nitrogens with one attached hydrogen (secondary N) is 1. The Bertz CT molecular complexity index is 818. The molecule has 0 aromatic heterocycles. The average molecular weight is 335 g/mol. The van der Waals surface area contributed by atoms with E-state index in [-0.39, 0.29) is 0 Å². The fourth-order valence-electron chi connectivity index (χ4n) is 2.55. The molecule has 0 radical (unpaired) electrons. The van der Waals surface area contributed by atoms with Gasteiger partial charge in [-0.1, -0.05) is 55.1 Å². The molecule has 0 fully saturated rings. The van der Waals surface area contributed by atoms with E-state index in [1.54, 1.807) is 0 Å². The molecule has 0 spiro atoms. The van der Waals surface area contributed by atoms with Crippen molar-refractivity contribution in [2.45, 2.75) is 33.3 Å². The van der Waals surface area contributed by atoms with Crippen LogP contribution in [-0.2, 0) is 10.3 Å². The van der Waals surface area contributed by atoms with E-state index >= 15 is 0 Å². The number of anilines is 1. The summed E-state index contributed by atoms with van der Waals surface area (Å²) in [4.78, 5) is 12.4. The molecule has 0 saturated heterocycles. The highest BCUT2D eigenvalue weighted by molar-refractivity contribution is 5.89. The summed E-state index contributed by atoms with van der Waals surface area (Å²) in [5.74, 6) is 0. The van der Waals surface area contributed by atoms with Crippen molar-refractivity contribution in [3.63, 3.8) is 0 Å². The summed E-state index contributed by atoms with van der Waals surface area (Å²) >= 11 is 0. The monoisotopic (exact) mass is 335 g/mol. The Hall–Kier alpha value is -2.81. The quantitative estimate of drug-likeness (QED) is 0.702. The summed E-state index contributed by atoms with van der Waals surface area (Å²) in [6, 6.07) is 15.4. The van der Waals surface area contributed by atoms with E-state index in [0.29, 0.717) is 5.69 Å². The normalized spacial score (nSPS) is 10.9. The van der Waals surface area contributed by atoms with Gasteiger partial charge in [0.25, 0.3) is 0 Å². The molecule has 1 N–H and O–H groups in total. The first-order valence-corrected chi connectivity index (χ1v) is 8.22. The molecule has 0 bridgehead atoms. The predicted octanol–water partition coefficient (Wildman–Crippen LogP) is 6.24. The number of rotatable bonds is 5. The Kier molecular flexibility index (Phi) is 5.48. The number of hydrogen-bond acceptors (Lipinski definition) is 2. The van der Waals surface area contributed by atoms with Crippen LogP contribution in [0.3, 0.4) is 0 Å². The van der Waals surface area contributed by atoms with Crippen molar-refractivity contribution >= 4 is 22.9 Å². The van der Waals surface area contributed by atoms with Crippen LogP contribution in [0.15, 0.2) is 61.7 Å². The van der Waals surface area contributed by atoms with Crippen molar-refractivity contribution < 1.29 is 9.53 Å². The molecular formula is C22H25NO2. The van der Waals surface area contributed by atoms with Gasteiger partial charge < -0.3 is 4.74 Å². The van der Waals surface area contributed by atoms with Crippen LogP contribution in [0.4, 0.5) is 10.5 Å². The third kappa shape index (κ3) is 4.60. The SMILES string of the molecule is C=C(C)c1cccc(C(C)(C)OC(=O)Nc2ccccc2C(=C)C)c1. The summed E-state index contributed by atoms with van der Waals surface area (Å²) in [7, 11) is 0. The van der Waals surface area contributed by atoms with Crippen LogP contribution in [0.1, 0.15) is 44.4 Å². The molecule has 2 aromatic carbocycles. The molecular weight excluding hydrogens is 310 g/mol. The standard InChI is InChI=1S/C22H25NO2/c1-15(2)17-10-9-11-18(14-17)22(5,6)25-21(24)23-20-13-8-7-12-19(20)16(3)4/h7-14H,1,3H2,2,4-6H3,(H,23,24). The van der Waals surface area contributed by atoms with E-state index in [1.807, 2.05) is 76.2 Å². The van der Waals surface area contributed by atoms with Crippen LogP contribution in [0.2, 0.25) is 0 Å². The molecule has 2 rings (SSSR count). The average Bonchev–Trinajstić information content (AvgIpc) is 2.54. The molecule has 0 aliphatic carbocycles. The molecule has 3 heteroatoms. The first kappa shape index (κ1) is 18.5. The number of carbonyl (C=O) groups is 1. The van der Waals surface area contributed by atoms with E-state index < -0.39 is 11.7 Å². The molecule has 25 heavy (non-hydrogen) atoms. The maximum absolute atomic E-state index is 12.4. The molecule has 0 unspecified atom stereocenters. The largest absolute Gasteiger partial charge is 0.438 e. The summed E-state index contributed by atoms with van der Waals surface area (Å²) in [5.41, 5.74) is 4.60. The summed E-state index contributed by atoms with van der Waals surface area (Å²) in [6.07, 6.45) is -0.501. The number of allylic oxidation sites excluding steroid dienone is 2. The Morgan fingerprint density at radius 2 is 1.68 bits per heavy atom. The number of ether oxygens (including phenoxy) is 1. The highest BCUT2D eigenvalue weighted by Crippen LogP contribution is 2.28. The van der Waals surface area contributed by atoms with Crippen LogP contribution < -0.4 is 5.32 Å². The smallest absolute Gasteiger partial charge is 0.412 e. The summed E-state index contributed by atoms with van der Waals surface area (Å²) in [6.45, 7) is 15.5. The number of para-hydroxylation sites is 1. The fourth-order valence-corrected chi connectivity index (χ4v) is 2.55. The van der Waals surface area contributed by atoms with E-state index in [9.17, 15) is 4.79 Å². The molecule has 1 amide bonds. The lowest BCUT2D eigenvalue weighted by atomic mass is 9.94. The molecule has 0 aliphatic heterocycles. The molecule has 2 aromatic rings. The van der Waals surface area contributed by atoms with E-state index in [0.717, 1.165) is 27.8 Å². The summed E-state index contributed by atoms with van der Waals surface area (Å²) in [5, 5.41) is 2.82. The van der Waals surface area contributed by atoms with Gasteiger partial charge >= 0.3 is 6.09 Å². The third-order valence-electron chi connectivity index (χ3n) is 4.02. The van der Waals surface area contributed by atoms with E-state index in [2.05, 4.69) is 18.5 Å². The van der Waals surface area contributed by atoms with Crippen molar-refractivity contribution in [3.05, 3.63) is 78.4 Å². The number of benzene rings is 2. The lowest BCUT2D eigenvalue weighted by molar-refractivity contribution is 0.0466. The van der Waals surface area contributed by atoms with Crippen LogP contribution in [0, 0.1) is 0 Å². The molecule has 130 valence electrons. The van der Waals surface area contributed by atoms with Gasteiger partial charge in [0, 0.05) is 5.56 Å².